The molecule has 0 saturated heterocycles. The second kappa shape index (κ2) is 9.02. The Morgan fingerprint density at radius 3 is 2.75 bits per heavy atom. The van der Waals surface area contributed by atoms with Crippen LogP contribution in [0, 0.1) is 10.1 Å². The second-order valence-corrected chi connectivity index (χ2v) is 6.02. The number of nitrogens with zero attached hydrogens (tertiary/aromatic N) is 1. The lowest BCUT2D eigenvalue weighted by Crippen LogP contribution is -2.40. The van der Waals surface area contributed by atoms with Crippen LogP contribution in [0.5, 0.6) is 5.75 Å². The Labute approximate surface area is 140 Å². The summed E-state index contributed by atoms with van der Waals surface area (Å²) in [5, 5.41) is 13.5. The minimum Gasteiger partial charge on any atom is -0.492 e. The maximum Gasteiger partial charge on any atom is 0.307 e. The maximum atomic E-state index is 11.9. The van der Waals surface area contributed by atoms with Crippen molar-refractivity contribution in [3.05, 3.63) is 34.4 Å². The third-order valence-corrected chi connectivity index (χ3v) is 2.71. The molecule has 1 N–H and O–H groups in total. The van der Waals surface area contributed by atoms with E-state index in [2.05, 4.69) is 5.23 Å². The molecular weight excluding hydrogens is 315 g/mol. The minimum absolute atomic E-state index is 0.0173. The molecular formula is C15H20BN2O6. The number of nitrogens with one attached hydrogen (secondary N) is 1. The van der Waals surface area contributed by atoms with Crippen LogP contribution < -0.4 is 9.96 Å². The van der Waals surface area contributed by atoms with Crippen LogP contribution in [-0.2, 0) is 14.3 Å². The summed E-state index contributed by atoms with van der Waals surface area (Å²) in [6.45, 7) is 5.30. The summed E-state index contributed by atoms with van der Waals surface area (Å²) in [5.74, 6) is -0.145. The van der Waals surface area contributed by atoms with E-state index in [4.69, 9.17) is 9.47 Å². The quantitative estimate of drug-likeness (QED) is 0.239. The topological polar surface area (TPSA) is 108 Å². The van der Waals surface area contributed by atoms with Crippen molar-refractivity contribution in [3.63, 3.8) is 0 Å². The number of ether oxygens (including phenoxy) is 2. The number of nitro benzene ring substituents is 1. The van der Waals surface area contributed by atoms with Crippen molar-refractivity contribution in [1.29, 1.82) is 0 Å². The lowest BCUT2D eigenvalue weighted by atomic mass is 9.96. The van der Waals surface area contributed by atoms with Gasteiger partial charge in [0.05, 0.1) is 23.6 Å². The van der Waals surface area contributed by atoms with Gasteiger partial charge < -0.3 is 19.5 Å². The Bertz CT molecular complexity index is 588. The number of rotatable bonds is 9. The van der Waals surface area contributed by atoms with Gasteiger partial charge in [0.2, 0.25) is 0 Å². The highest BCUT2D eigenvalue weighted by Gasteiger charge is 2.21. The highest BCUT2D eigenvalue weighted by molar-refractivity contribution is 6.64. The van der Waals surface area contributed by atoms with Crippen LogP contribution in [-0.4, -0.2) is 42.7 Å². The fourth-order valence-electron chi connectivity index (χ4n) is 1.81. The average Bonchev–Trinajstić information content (AvgIpc) is 2.48. The molecule has 8 nitrogen and oxygen atoms in total. The van der Waals surface area contributed by atoms with Crippen LogP contribution in [0.25, 0.3) is 0 Å². The molecule has 0 unspecified atom stereocenters. The van der Waals surface area contributed by atoms with E-state index in [9.17, 15) is 19.7 Å². The SMILES string of the molecule is CC(C)(C)OC(=O)C[C@H](COc1cccc([N+](=O)[O-])c1)N[B]C=O. The molecule has 1 radical (unpaired) electrons. The van der Waals surface area contributed by atoms with E-state index in [0.717, 1.165) is 7.41 Å². The first-order valence-corrected chi connectivity index (χ1v) is 7.33. The van der Waals surface area contributed by atoms with Gasteiger partial charge in [-0.15, -0.1) is 0 Å². The molecule has 0 heterocycles. The summed E-state index contributed by atoms with van der Waals surface area (Å²) < 4.78 is 10.7. The van der Waals surface area contributed by atoms with E-state index in [1.54, 1.807) is 26.8 Å². The number of benzene rings is 1. The third kappa shape index (κ3) is 7.73. The second-order valence-electron chi connectivity index (χ2n) is 6.02. The van der Waals surface area contributed by atoms with Crippen molar-refractivity contribution in [3.8, 4) is 5.75 Å². The van der Waals surface area contributed by atoms with Crippen LogP contribution in [0.3, 0.4) is 0 Å². The van der Waals surface area contributed by atoms with Crippen LogP contribution >= 0.6 is 0 Å². The Morgan fingerprint density at radius 1 is 1.46 bits per heavy atom. The number of hydrogen-bond donors (Lipinski definition) is 1. The number of carbonyl (C=O) groups excluding carboxylic acids is 2. The molecule has 0 saturated carbocycles. The molecule has 1 aromatic rings. The fourth-order valence-corrected chi connectivity index (χ4v) is 1.81. The smallest absolute Gasteiger partial charge is 0.307 e. The van der Waals surface area contributed by atoms with Crippen molar-refractivity contribution < 1.29 is 24.0 Å². The van der Waals surface area contributed by atoms with Crippen LogP contribution in [0.2, 0.25) is 0 Å². The molecule has 0 aliphatic rings. The number of nitro groups is 1. The van der Waals surface area contributed by atoms with E-state index in [1.807, 2.05) is 0 Å². The molecule has 0 fully saturated rings. The van der Waals surface area contributed by atoms with Gasteiger partial charge in [0.25, 0.3) is 13.1 Å². The Kier molecular flexibility index (Phi) is 7.38. The zero-order chi connectivity index (χ0) is 18.2. The highest BCUT2D eigenvalue weighted by atomic mass is 16.6. The first-order chi connectivity index (χ1) is 11.2. The van der Waals surface area contributed by atoms with Gasteiger partial charge in [-0.1, -0.05) is 6.07 Å². The Hall–Kier alpha value is -2.42. The standard InChI is InChI=1S/C15H20BN2O6/c1-15(2,3)24-14(20)7-11(17-16-10-19)9-23-13-6-4-5-12(8-13)18(21)22/h4-6,8,10-11,17H,7,9H2,1-3H3/t11-/m1/s1. The first-order valence-electron chi connectivity index (χ1n) is 7.33. The average molecular weight is 335 g/mol. The van der Waals surface area contributed by atoms with Gasteiger partial charge in [-0.05, 0) is 26.8 Å². The molecule has 0 spiro atoms. The Balaban J connectivity index is 2.65. The van der Waals surface area contributed by atoms with Crippen molar-refractivity contribution in [2.75, 3.05) is 6.61 Å². The van der Waals surface area contributed by atoms with E-state index in [-0.39, 0.29) is 18.7 Å². The minimum atomic E-state index is -0.614. The van der Waals surface area contributed by atoms with Gasteiger partial charge in [-0.2, -0.15) is 0 Å². The van der Waals surface area contributed by atoms with Gasteiger partial charge in [-0.3, -0.25) is 14.9 Å². The van der Waals surface area contributed by atoms with Crippen LogP contribution in [0.4, 0.5) is 5.69 Å². The van der Waals surface area contributed by atoms with Crippen molar-refractivity contribution in [2.24, 2.45) is 0 Å². The lowest BCUT2D eigenvalue weighted by molar-refractivity contribution is -0.384. The number of esters is 1. The summed E-state index contributed by atoms with van der Waals surface area (Å²) >= 11 is 0. The van der Waals surface area contributed by atoms with Gasteiger partial charge in [-0.25, -0.2) is 0 Å². The molecule has 0 aliphatic carbocycles. The van der Waals surface area contributed by atoms with Gasteiger partial charge in [0, 0.05) is 12.1 Å². The molecule has 24 heavy (non-hydrogen) atoms. The highest BCUT2D eigenvalue weighted by Crippen LogP contribution is 2.19. The third-order valence-electron chi connectivity index (χ3n) is 2.71. The largest absolute Gasteiger partial charge is 0.492 e. The van der Waals surface area contributed by atoms with Crippen molar-refractivity contribution in [1.82, 2.24) is 5.23 Å². The zero-order valence-electron chi connectivity index (χ0n) is 13.9. The van der Waals surface area contributed by atoms with Crippen LogP contribution in [0.1, 0.15) is 27.2 Å². The summed E-state index contributed by atoms with van der Waals surface area (Å²) in [7, 11) is 1.16. The van der Waals surface area contributed by atoms with Gasteiger partial charge in [0.15, 0.2) is 0 Å². The normalized spacial score (nSPS) is 12.1. The first kappa shape index (κ1) is 19.6. The van der Waals surface area contributed by atoms with Gasteiger partial charge in [0.1, 0.15) is 18.0 Å². The van der Waals surface area contributed by atoms with E-state index in [0.29, 0.717) is 11.9 Å². The van der Waals surface area contributed by atoms with E-state index < -0.39 is 22.5 Å². The summed E-state index contributed by atoms with van der Waals surface area (Å²) in [5.41, 5.74) is -0.708. The summed E-state index contributed by atoms with van der Waals surface area (Å²) in [4.78, 5) is 32.6. The molecule has 1 rings (SSSR count). The molecule has 0 aliphatic heterocycles. The van der Waals surface area contributed by atoms with E-state index in [1.165, 1.54) is 18.2 Å². The van der Waals surface area contributed by atoms with Crippen molar-refractivity contribution in [2.45, 2.75) is 38.8 Å². The Morgan fingerprint density at radius 2 is 2.17 bits per heavy atom. The zero-order valence-corrected chi connectivity index (χ0v) is 13.9. The number of non-ortho nitro benzene ring substituents is 1. The molecule has 0 bridgehead atoms. The molecule has 1 aromatic carbocycles. The van der Waals surface area contributed by atoms with Crippen LogP contribution in [0.15, 0.2) is 24.3 Å². The number of carbonyl (C=O) groups is 2. The van der Waals surface area contributed by atoms with Crippen molar-refractivity contribution >= 4 is 25.3 Å². The van der Waals surface area contributed by atoms with Gasteiger partial charge >= 0.3 is 5.97 Å². The predicted octanol–water partition coefficient (Wildman–Crippen LogP) is 1.47. The summed E-state index contributed by atoms with van der Waals surface area (Å²) in [6.07, 6.45) is 0.534. The predicted molar refractivity (Wildman–Crippen MR) is 88.5 cm³/mol. The molecule has 9 heteroatoms. The summed E-state index contributed by atoms with van der Waals surface area (Å²) in [6, 6.07) is 5.20. The monoisotopic (exact) mass is 335 g/mol. The molecule has 0 amide bonds. The molecule has 129 valence electrons. The molecule has 1 atom stereocenters. The lowest BCUT2D eigenvalue weighted by Gasteiger charge is -2.22. The number of hydrogen-bond acceptors (Lipinski definition) is 7. The van der Waals surface area contributed by atoms with E-state index >= 15 is 0 Å². The maximum absolute atomic E-state index is 11.9. The fraction of sp³-hybridized carbons (Fsp3) is 0.467. The molecule has 0 aromatic heterocycles.